The molecule has 21 heavy (non-hydrogen) atoms. The number of hydrogen-bond donors (Lipinski definition) is 1. The maximum Gasteiger partial charge on any atom is 0.150 e. The van der Waals surface area contributed by atoms with Gasteiger partial charge in [0.2, 0.25) is 0 Å². The average molecular weight is 307 g/mol. The molecule has 3 unspecified atom stereocenters. The molecule has 2 aliphatic rings. The number of nitrogens with one attached hydrogen (secondary N) is 1. The van der Waals surface area contributed by atoms with Gasteiger partial charge >= 0.3 is 0 Å². The monoisotopic (exact) mass is 307 g/mol. The molecule has 0 spiro atoms. The fourth-order valence-corrected chi connectivity index (χ4v) is 5.81. The van der Waals surface area contributed by atoms with Crippen LogP contribution in [-0.2, 0) is 16.3 Å². The molecule has 0 radical (unpaired) electrons. The molecule has 3 atom stereocenters. The number of rotatable bonds is 6. The zero-order chi connectivity index (χ0) is 14.9. The molecule has 1 heterocycles. The smallest absolute Gasteiger partial charge is 0.150 e. The van der Waals surface area contributed by atoms with E-state index in [-0.39, 0.29) is 0 Å². The van der Waals surface area contributed by atoms with Crippen LogP contribution in [0, 0.1) is 5.92 Å². The summed E-state index contributed by atoms with van der Waals surface area (Å²) in [5.41, 5.74) is 2.99. The van der Waals surface area contributed by atoms with Gasteiger partial charge in [0.15, 0.2) is 9.84 Å². The Labute approximate surface area is 128 Å². The zero-order valence-electron chi connectivity index (χ0n) is 12.7. The van der Waals surface area contributed by atoms with Gasteiger partial charge in [0, 0.05) is 6.04 Å². The van der Waals surface area contributed by atoms with Crippen molar-refractivity contribution in [1.29, 1.82) is 0 Å². The normalized spacial score (nSPS) is 27.9. The van der Waals surface area contributed by atoms with Gasteiger partial charge in [0.1, 0.15) is 0 Å². The van der Waals surface area contributed by atoms with Crippen molar-refractivity contribution in [2.75, 3.05) is 18.1 Å². The van der Waals surface area contributed by atoms with Crippen LogP contribution >= 0.6 is 0 Å². The van der Waals surface area contributed by atoms with E-state index in [4.69, 9.17) is 0 Å². The third-order valence-corrected chi connectivity index (χ3v) is 6.80. The van der Waals surface area contributed by atoms with E-state index < -0.39 is 9.84 Å². The third-order valence-electron chi connectivity index (χ3n) is 4.97. The lowest BCUT2D eigenvalue weighted by molar-refractivity contribution is 0.358. The van der Waals surface area contributed by atoms with E-state index >= 15 is 0 Å². The first-order chi connectivity index (χ1) is 10.1. The Morgan fingerprint density at radius 1 is 1.29 bits per heavy atom. The molecule has 0 aromatic heterocycles. The quantitative estimate of drug-likeness (QED) is 0.878. The first kappa shape index (κ1) is 15.0. The third kappa shape index (κ3) is 3.49. The lowest BCUT2D eigenvalue weighted by Crippen LogP contribution is -2.35. The fourth-order valence-electron chi connectivity index (χ4n) is 3.93. The molecule has 116 valence electrons. The van der Waals surface area contributed by atoms with E-state index in [2.05, 4.69) is 36.5 Å². The van der Waals surface area contributed by atoms with Crippen molar-refractivity contribution in [3.05, 3.63) is 35.4 Å². The van der Waals surface area contributed by atoms with Crippen LogP contribution in [0.3, 0.4) is 0 Å². The summed E-state index contributed by atoms with van der Waals surface area (Å²) in [5, 5.41) is 3.57. The van der Waals surface area contributed by atoms with Crippen molar-refractivity contribution < 1.29 is 8.42 Å². The van der Waals surface area contributed by atoms with Gasteiger partial charge in [-0.3, -0.25) is 0 Å². The van der Waals surface area contributed by atoms with E-state index in [1.54, 1.807) is 0 Å². The molecular weight excluding hydrogens is 282 g/mol. The van der Waals surface area contributed by atoms with Gasteiger partial charge in [-0.15, -0.1) is 0 Å². The van der Waals surface area contributed by atoms with Crippen LogP contribution in [0.2, 0.25) is 0 Å². The minimum absolute atomic E-state index is 0.356. The highest BCUT2D eigenvalue weighted by Crippen LogP contribution is 2.39. The summed E-state index contributed by atoms with van der Waals surface area (Å²) < 4.78 is 23.2. The molecule has 0 saturated carbocycles. The predicted octanol–water partition coefficient (Wildman–Crippen LogP) is 2.52. The van der Waals surface area contributed by atoms with Gasteiger partial charge < -0.3 is 5.32 Å². The molecule has 1 aromatic carbocycles. The van der Waals surface area contributed by atoms with Gasteiger partial charge in [-0.2, -0.15) is 0 Å². The van der Waals surface area contributed by atoms with Crippen molar-refractivity contribution in [1.82, 2.24) is 5.32 Å². The highest BCUT2D eigenvalue weighted by molar-refractivity contribution is 7.91. The second kappa shape index (κ2) is 6.09. The summed E-state index contributed by atoms with van der Waals surface area (Å²) in [6.07, 6.45) is 4.18. The molecule has 1 saturated heterocycles. The van der Waals surface area contributed by atoms with Crippen LogP contribution in [-0.4, -0.2) is 32.5 Å². The molecule has 0 amide bonds. The molecule has 1 fully saturated rings. The Morgan fingerprint density at radius 2 is 2.10 bits per heavy atom. The Bertz CT molecular complexity index is 597. The van der Waals surface area contributed by atoms with Crippen LogP contribution < -0.4 is 5.32 Å². The summed E-state index contributed by atoms with van der Waals surface area (Å²) in [4.78, 5) is 0. The number of fused-ring (bicyclic) bond motifs is 1. The van der Waals surface area contributed by atoms with Crippen LogP contribution in [0.15, 0.2) is 24.3 Å². The summed E-state index contributed by atoms with van der Waals surface area (Å²) in [7, 11) is -2.75. The zero-order valence-corrected chi connectivity index (χ0v) is 13.5. The minimum Gasteiger partial charge on any atom is -0.314 e. The Morgan fingerprint density at radius 3 is 2.76 bits per heavy atom. The average Bonchev–Trinajstić information content (AvgIpc) is 2.75. The van der Waals surface area contributed by atoms with Gasteiger partial charge in [-0.1, -0.05) is 31.2 Å². The second-order valence-corrected chi connectivity index (χ2v) is 8.82. The SMILES string of the molecule is CCNC(CC1CCS(=O)(=O)C1)CC1Cc2ccccc21. The minimum atomic E-state index is -2.75. The highest BCUT2D eigenvalue weighted by Gasteiger charge is 2.32. The van der Waals surface area contributed by atoms with E-state index in [0.29, 0.717) is 29.4 Å². The molecule has 1 aromatic rings. The van der Waals surface area contributed by atoms with Crippen molar-refractivity contribution in [2.45, 2.75) is 44.6 Å². The topological polar surface area (TPSA) is 46.2 Å². The van der Waals surface area contributed by atoms with Gasteiger partial charge in [0.05, 0.1) is 11.5 Å². The number of sulfone groups is 1. The van der Waals surface area contributed by atoms with Crippen LogP contribution in [0.25, 0.3) is 0 Å². The van der Waals surface area contributed by atoms with E-state index in [1.165, 1.54) is 17.5 Å². The van der Waals surface area contributed by atoms with Crippen molar-refractivity contribution in [3.8, 4) is 0 Å². The Kier molecular flexibility index (Phi) is 4.36. The van der Waals surface area contributed by atoms with Crippen molar-refractivity contribution >= 4 is 9.84 Å². The van der Waals surface area contributed by atoms with Gasteiger partial charge in [0.25, 0.3) is 0 Å². The van der Waals surface area contributed by atoms with E-state index in [9.17, 15) is 8.42 Å². The predicted molar refractivity (Wildman–Crippen MR) is 86.3 cm³/mol. The summed E-state index contributed by atoms with van der Waals surface area (Å²) in [6.45, 7) is 3.09. The molecule has 3 nitrogen and oxygen atoms in total. The fraction of sp³-hybridized carbons (Fsp3) is 0.647. The largest absolute Gasteiger partial charge is 0.314 e. The number of hydrogen-bond acceptors (Lipinski definition) is 3. The Balaban J connectivity index is 1.59. The van der Waals surface area contributed by atoms with Crippen molar-refractivity contribution in [2.24, 2.45) is 5.92 Å². The molecule has 1 N–H and O–H groups in total. The maximum absolute atomic E-state index is 11.6. The van der Waals surface area contributed by atoms with Gasteiger partial charge in [-0.25, -0.2) is 8.42 Å². The lowest BCUT2D eigenvalue weighted by atomic mass is 9.73. The maximum atomic E-state index is 11.6. The summed E-state index contributed by atoms with van der Waals surface area (Å²) >= 11 is 0. The summed E-state index contributed by atoms with van der Waals surface area (Å²) in [5.74, 6) is 1.80. The molecular formula is C17H25NO2S. The van der Waals surface area contributed by atoms with E-state index in [1.807, 2.05) is 0 Å². The molecule has 1 aliphatic carbocycles. The molecule has 1 aliphatic heterocycles. The van der Waals surface area contributed by atoms with E-state index in [0.717, 1.165) is 25.8 Å². The van der Waals surface area contributed by atoms with Crippen LogP contribution in [0.1, 0.15) is 43.2 Å². The lowest BCUT2D eigenvalue weighted by Gasteiger charge is -2.34. The second-order valence-electron chi connectivity index (χ2n) is 6.59. The Hall–Kier alpha value is -0.870. The van der Waals surface area contributed by atoms with Crippen LogP contribution in [0.4, 0.5) is 0 Å². The highest BCUT2D eigenvalue weighted by atomic mass is 32.2. The summed E-state index contributed by atoms with van der Waals surface area (Å²) in [6, 6.07) is 9.15. The van der Waals surface area contributed by atoms with Crippen molar-refractivity contribution in [3.63, 3.8) is 0 Å². The molecule has 0 bridgehead atoms. The van der Waals surface area contributed by atoms with Crippen LogP contribution in [0.5, 0.6) is 0 Å². The van der Waals surface area contributed by atoms with Gasteiger partial charge in [-0.05, 0) is 55.2 Å². The standard InChI is InChI=1S/C17H25NO2S/c1-2-18-16(9-13-7-8-21(19,20)12-13)11-15-10-14-5-3-4-6-17(14)15/h3-6,13,15-16,18H,2,7-12H2,1H3. The number of benzene rings is 1. The first-order valence-corrected chi connectivity index (χ1v) is 9.91. The first-order valence-electron chi connectivity index (χ1n) is 8.09. The molecule has 4 heteroatoms. The molecule has 3 rings (SSSR count).